The summed E-state index contributed by atoms with van der Waals surface area (Å²) < 4.78 is 0.409. The molecule has 0 unspecified atom stereocenters. The number of nitrogens with zero attached hydrogens (tertiary/aromatic N) is 2. The van der Waals surface area contributed by atoms with Crippen LogP contribution >= 0.6 is 15.9 Å². The number of aromatic hydroxyl groups is 1. The quantitative estimate of drug-likeness (QED) is 0.510. The van der Waals surface area contributed by atoms with Gasteiger partial charge in [-0.15, -0.1) is 0 Å². The molecule has 2 aromatic carbocycles. The second kappa shape index (κ2) is 6.57. The Balaban J connectivity index is 2.44. The van der Waals surface area contributed by atoms with Crippen molar-refractivity contribution in [3.05, 3.63) is 56.0 Å². The molecule has 2 aromatic rings. The van der Waals surface area contributed by atoms with E-state index in [-0.39, 0.29) is 11.3 Å². The Labute approximate surface area is 135 Å². The molecule has 0 bridgehead atoms. The molecule has 22 heavy (non-hydrogen) atoms. The van der Waals surface area contributed by atoms with Gasteiger partial charge in [-0.25, -0.2) is 0 Å². The lowest BCUT2D eigenvalue weighted by Gasteiger charge is -2.11. The predicted octanol–water partition coefficient (Wildman–Crippen LogP) is 3.45. The third-order valence-electron chi connectivity index (χ3n) is 3.05. The minimum atomic E-state index is -0.736. The van der Waals surface area contributed by atoms with Gasteiger partial charge in [-0.05, 0) is 41.5 Å². The van der Waals surface area contributed by atoms with Gasteiger partial charge < -0.3 is 10.2 Å². The molecule has 0 amide bonds. The molecule has 0 aliphatic rings. The van der Waals surface area contributed by atoms with Crippen molar-refractivity contribution in [1.29, 1.82) is 0 Å². The van der Waals surface area contributed by atoms with Crippen molar-refractivity contribution in [2.75, 3.05) is 0 Å². The second-order valence-corrected chi connectivity index (χ2v) is 5.45. The van der Waals surface area contributed by atoms with E-state index in [0.717, 1.165) is 18.1 Å². The highest BCUT2D eigenvalue weighted by Gasteiger charge is 2.11. The summed E-state index contributed by atoms with van der Waals surface area (Å²) in [5, 5.41) is 32.6. The minimum absolute atomic E-state index is 0.0228. The zero-order valence-electron chi connectivity index (χ0n) is 11.6. The molecule has 0 saturated heterocycles. The summed E-state index contributed by atoms with van der Waals surface area (Å²) >= 11 is 3.12. The summed E-state index contributed by atoms with van der Waals surface area (Å²) in [4.78, 5) is 14.2. The van der Waals surface area contributed by atoms with Crippen LogP contribution in [0.4, 0.5) is 11.4 Å². The molecule has 0 radical (unpaired) electrons. The molecular weight excluding hydrogens is 352 g/mol. The number of nitro groups is 1. The normalized spacial score (nSPS) is 11.0. The molecule has 0 aliphatic carbocycles. The van der Waals surface area contributed by atoms with Gasteiger partial charge in [0.15, 0.2) is 0 Å². The molecule has 0 atom stereocenters. The number of hydrogen-bond acceptors (Lipinski definition) is 5. The van der Waals surface area contributed by atoms with E-state index in [2.05, 4.69) is 20.9 Å². The first-order valence-electron chi connectivity index (χ1n) is 6.43. The highest BCUT2D eigenvalue weighted by Crippen LogP contribution is 2.32. The van der Waals surface area contributed by atoms with E-state index in [1.54, 1.807) is 12.1 Å². The van der Waals surface area contributed by atoms with Gasteiger partial charge in [0.1, 0.15) is 11.4 Å². The number of hydrogen-bond donors (Lipinski definition) is 1. The van der Waals surface area contributed by atoms with Crippen molar-refractivity contribution in [3.63, 3.8) is 0 Å². The Morgan fingerprint density at radius 2 is 2.09 bits per heavy atom. The Hall–Kier alpha value is -2.41. The third kappa shape index (κ3) is 3.43. The van der Waals surface area contributed by atoms with Crippen LogP contribution in [-0.4, -0.2) is 16.2 Å². The summed E-state index contributed by atoms with van der Waals surface area (Å²) in [6.45, 7) is 1.97. The average Bonchev–Trinajstić information content (AvgIpc) is 2.48. The Kier molecular flexibility index (Phi) is 4.77. The van der Waals surface area contributed by atoms with Gasteiger partial charge in [-0.1, -0.05) is 28.9 Å². The average molecular weight is 364 g/mol. The fourth-order valence-corrected chi connectivity index (χ4v) is 2.33. The molecule has 7 heteroatoms. The Bertz CT molecular complexity index is 759. The number of benzene rings is 2. The summed E-state index contributed by atoms with van der Waals surface area (Å²) in [6.07, 6.45) is 1.99. The van der Waals surface area contributed by atoms with Crippen LogP contribution in [0.25, 0.3) is 0 Å². The van der Waals surface area contributed by atoms with Crippen LogP contribution in [0, 0.1) is 10.1 Å². The number of rotatable bonds is 4. The molecule has 0 aromatic heterocycles. The van der Waals surface area contributed by atoms with E-state index in [1.165, 1.54) is 18.3 Å². The maximum absolute atomic E-state index is 12.0. The van der Waals surface area contributed by atoms with Crippen molar-refractivity contribution in [3.8, 4) is 11.5 Å². The lowest BCUT2D eigenvalue weighted by molar-refractivity contribution is -0.398. The molecule has 1 N–H and O–H groups in total. The molecule has 6 nitrogen and oxygen atoms in total. The highest BCUT2D eigenvalue weighted by molar-refractivity contribution is 9.10. The molecule has 0 aliphatic heterocycles. The van der Waals surface area contributed by atoms with Gasteiger partial charge in [0.25, 0.3) is 5.69 Å². The van der Waals surface area contributed by atoms with Gasteiger partial charge in [0, 0.05) is 16.8 Å². The van der Waals surface area contributed by atoms with Crippen molar-refractivity contribution in [1.82, 2.24) is 0 Å². The van der Waals surface area contributed by atoms with Crippen LogP contribution < -0.4 is 5.11 Å². The molecule has 0 heterocycles. The van der Waals surface area contributed by atoms with Crippen LogP contribution in [0.2, 0.25) is 0 Å². The third-order valence-corrected chi connectivity index (χ3v) is 3.51. The number of aliphatic imine (C=N–C) groups is 1. The summed E-state index contributed by atoms with van der Waals surface area (Å²) in [5.74, 6) is -0.742. The fourth-order valence-electron chi connectivity index (χ4n) is 1.86. The number of nitro benzene ring substituents is 1. The van der Waals surface area contributed by atoms with Crippen LogP contribution in [0.3, 0.4) is 0 Å². The Morgan fingerprint density at radius 3 is 2.73 bits per heavy atom. The number of halogens is 1. The number of phenolic OH excluding ortho intramolecular Hbond substituents is 1. The van der Waals surface area contributed by atoms with Crippen molar-refractivity contribution in [2.24, 2.45) is 4.99 Å². The van der Waals surface area contributed by atoms with Gasteiger partial charge in [-0.2, -0.15) is 0 Å². The van der Waals surface area contributed by atoms with E-state index >= 15 is 0 Å². The molecular formula is C15H12BrN2O4-. The van der Waals surface area contributed by atoms with Gasteiger partial charge >= 0.3 is 0 Å². The smallest absolute Gasteiger partial charge is 0.263 e. The Morgan fingerprint density at radius 1 is 1.36 bits per heavy atom. The van der Waals surface area contributed by atoms with Gasteiger partial charge in [0.2, 0.25) is 0 Å². The first-order valence-corrected chi connectivity index (χ1v) is 7.22. The first kappa shape index (κ1) is 16.0. The van der Waals surface area contributed by atoms with E-state index in [0.29, 0.717) is 10.2 Å². The first-order chi connectivity index (χ1) is 10.4. The van der Waals surface area contributed by atoms with Crippen LogP contribution in [0.15, 0.2) is 39.8 Å². The molecule has 2 rings (SSSR count). The molecule has 114 valence electrons. The fraction of sp³-hybridized carbons (Fsp3) is 0.133. The SMILES string of the molecule is CCc1ccc(O)c(N=Cc2cc(Br)cc([N+](=O)[O-])c2[O-])c1. The van der Waals surface area contributed by atoms with Gasteiger partial charge in [-0.3, -0.25) is 15.1 Å². The summed E-state index contributed by atoms with van der Waals surface area (Å²) in [7, 11) is 0. The molecule has 0 saturated carbocycles. The minimum Gasteiger partial charge on any atom is -0.867 e. The largest absolute Gasteiger partial charge is 0.867 e. The van der Waals surface area contributed by atoms with E-state index in [9.17, 15) is 20.3 Å². The number of aryl methyl sites for hydroxylation is 1. The standard InChI is InChI=1S/C15H13BrN2O4/c1-2-9-3-4-14(19)12(5-9)17-8-10-6-11(16)7-13(15(10)20)18(21)22/h3-8,19-20H,2H2,1H3/p-1. The van der Waals surface area contributed by atoms with E-state index in [1.807, 2.05) is 6.92 Å². The maximum Gasteiger partial charge on any atom is 0.263 e. The van der Waals surface area contributed by atoms with Crippen LogP contribution in [-0.2, 0) is 6.42 Å². The molecule has 0 fully saturated rings. The van der Waals surface area contributed by atoms with E-state index in [4.69, 9.17) is 0 Å². The highest BCUT2D eigenvalue weighted by atomic mass is 79.9. The van der Waals surface area contributed by atoms with Crippen molar-refractivity contribution < 1.29 is 15.1 Å². The molecule has 0 spiro atoms. The predicted molar refractivity (Wildman–Crippen MR) is 85.0 cm³/mol. The van der Waals surface area contributed by atoms with Crippen molar-refractivity contribution >= 4 is 33.5 Å². The van der Waals surface area contributed by atoms with Crippen LogP contribution in [0.1, 0.15) is 18.1 Å². The monoisotopic (exact) mass is 363 g/mol. The topological polar surface area (TPSA) is 98.8 Å². The van der Waals surface area contributed by atoms with Crippen LogP contribution in [0.5, 0.6) is 11.5 Å². The summed E-state index contributed by atoms with van der Waals surface area (Å²) in [5.41, 5.74) is 0.832. The van der Waals surface area contributed by atoms with E-state index < -0.39 is 16.4 Å². The zero-order chi connectivity index (χ0) is 16.3. The van der Waals surface area contributed by atoms with Crippen molar-refractivity contribution in [2.45, 2.75) is 13.3 Å². The number of phenols is 1. The zero-order valence-corrected chi connectivity index (χ0v) is 13.2. The maximum atomic E-state index is 12.0. The lowest BCUT2D eigenvalue weighted by Crippen LogP contribution is -2.02. The second-order valence-electron chi connectivity index (χ2n) is 4.54. The lowest BCUT2D eigenvalue weighted by atomic mass is 10.1. The summed E-state index contributed by atoms with van der Waals surface area (Å²) in [6, 6.07) is 7.58. The van der Waals surface area contributed by atoms with Gasteiger partial charge in [0.05, 0.1) is 4.92 Å².